The number of hydrogen-bond donors (Lipinski definition) is 3. The minimum atomic E-state index is -0.945. The van der Waals surface area contributed by atoms with Crippen LogP contribution in [0.1, 0.15) is 12.8 Å². The van der Waals surface area contributed by atoms with Gasteiger partial charge in [0.15, 0.2) is 0 Å². The SMILES string of the molecule is NC(CC1=CCCN1)C(=O)O. The van der Waals surface area contributed by atoms with E-state index in [0.29, 0.717) is 6.42 Å². The topological polar surface area (TPSA) is 75.3 Å². The summed E-state index contributed by atoms with van der Waals surface area (Å²) in [6.07, 6.45) is 3.37. The number of rotatable bonds is 3. The molecule has 0 aliphatic carbocycles. The highest BCUT2D eigenvalue weighted by atomic mass is 16.4. The molecule has 4 N–H and O–H groups in total. The van der Waals surface area contributed by atoms with Gasteiger partial charge >= 0.3 is 5.97 Å². The lowest BCUT2D eigenvalue weighted by Gasteiger charge is -2.07. The maximum absolute atomic E-state index is 10.3. The number of nitrogens with one attached hydrogen (secondary N) is 1. The van der Waals surface area contributed by atoms with E-state index in [1.807, 2.05) is 6.08 Å². The predicted molar refractivity (Wildman–Crippen MR) is 40.9 cm³/mol. The van der Waals surface area contributed by atoms with Gasteiger partial charge in [-0.1, -0.05) is 6.08 Å². The molecule has 0 amide bonds. The zero-order chi connectivity index (χ0) is 8.27. The maximum atomic E-state index is 10.3. The van der Waals surface area contributed by atoms with E-state index in [4.69, 9.17) is 10.8 Å². The summed E-state index contributed by atoms with van der Waals surface area (Å²) in [7, 11) is 0. The largest absolute Gasteiger partial charge is 0.480 e. The highest BCUT2D eigenvalue weighted by Gasteiger charge is 2.14. The summed E-state index contributed by atoms with van der Waals surface area (Å²) in [5, 5.41) is 11.5. The van der Waals surface area contributed by atoms with Crippen molar-refractivity contribution in [3.63, 3.8) is 0 Å². The van der Waals surface area contributed by atoms with E-state index in [1.54, 1.807) is 0 Å². The Bertz CT molecular complexity index is 189. The molecule has 0 bridgehead atoms. The van der Waals surface area contributed by atoms with Crippen LogP contribution >= 0.6 is 0 Å². The van der Waals surface area contributed by atoms with Crippen LogP contribution in [0.2, 0.25) is 0 Å². The summed E-state index contributed by atoms with van der Waals surface area (Å²) in [6.45, 7) is 0.904. The van der Waals surface area contributed by atoms with E-state index in [-0.39, 0.29) is 0 Å². The highest BCUT2D eigenvalue weighted by Crippen LogP contribution is 2.07. The van der Waals surface area contributed by atoms with Crippen molar-refractivity contribution in [2.75, 3.05) is 6.54 Å². The Hall–Kier alpha value is -1.03. The summed E-state index contributed by atoms with van der Waals surface area (Å²) in [5.41, 5.74) is 6.27. The monoisotopic (exact) mass is 156 g/mol. The second-order valence-electron chi connectivity index (χ2n) is 2.59. The maximum Gasteiger partial charge on any atom is 0.320 e. The molecule has 0 radical (unpaired) electrons. The van der Waals surface area contributed by atoms with Crippen LogP contribution in [0.15, 0.2) is 11.8 Å². The van der Waals surface area contributed by atoms with Crippen LogP contribution in [-0.4, -0.2) is 23.7 Å². The van der Waals surface area contributed by atoms with Crippen LogP contribution in [-0.2, 0) is 4.79 Å². The molecule has 1 heterocycles. The van der Waals surface area contributed by atoms with E-state index < -0.39 is 12.0 Å². The van der Waals surface area contributed by atoms with Gasteiger partial charge in [0.25, 0.3) is 0 Å². The molecule has 1 atom stereocenters. The van der Waals surface area contributed by atoms with Crippen molar-refractivity contribution in [2.24, 2.45) is 5.73 Å². The molecule has 4 heteroatoms. The van der Waals surface area contributed by atoms with E-state index in [1.165, 1.54) is 0 Å². The van der Waals surface area contributed by atoms with Gasteiger partial charge in [-0.15, -0.1) is 0 Å². The Morgan fingerprint density at radius 2 is 2.64 bits per heavy atom. The first kappa shape index (κ1) is 8.07. The Balaban J connectivity index is 2.35. The lowest BCUT2D eigenvalue weighted by Crippen LogP contribution is -2.31. The molecule has 0 aromatic rings. The van der Waals surface area contributed by atoms with E-state index in [2.05, 4.69) is 5.32 Å². The third kappa shape index (κ3) is 2.23. The predicted octanol–water partition coefficient (Wildman–Crippen LogP) is -0.334. The molecule has 1 unspecified atom stereocenters. The highest BCUT2D eigenvalue weighted by molar-refractivity contribution is 5.73. The lowest BCUT2D eigenvalue weighted by atomic mass is 10.2. The molecule has 1 rings (SSSR count). The van der Waals surface area contributed by atoms with Gasteiger partial charge in [0, 0.05) is 18.7 Å². The van der Waals surface area contributed by atoms with Crippen molar-refractivity contribution in [2.45, 2.75) is 18.9 Å². The second kappa shape index (κ2) is 3.39. The molecule has 0 saturated heterocycles. The summed E-state index contributed by atoms with van der Waals surface area (Å²) in [6, 6.07) is -0.771. The summed E-state index contributed by atoms with van der Waals surface area (Å²) < 4.78 is 0. The molecule has 62 valence electrons. The van der Waals surface area contributed by atoms with Gasteiger partial charge in [0.05, 0.1) is 0 Å². The molecule has 0 aromatic heterocycles. The minimum absolute atomic E-state index is 0.412. The van der Waals surface area contributed by atoms with Crippen LogP contribution in [0.25, 0.3) is 0 Å². The van der Waals surface area contributed by atoms with E-state index in [9.17, 15) is 4.79 Å². The van der Waals surface area contributed by atoms with Crippen molar-refractivity contribution >= 4 is 5.97 Å². The van der Waals surface area contributed by atoms with Crippen LogP contribution in [0.3, 0.4) is 0 Å². The fourth-order valence-corrected chi connectivity index (χ4v) is 1.03. The summed E-state index contributed by atoms with van der Waals surface area (Å²) in [5.74, 6) is -0.945. The molecule has 0 spiro atoms. The number of carbonyl (C=O) groups is 1. The third-order valence-electron chi connectivity index (χ3n) is 1.64. The molecule has 1 aliphatic rings. The number of carboxylic acid groups (broad SMARTS) is 1. The van der Waals surface area contributed by atoms with Gasteiger partial charge in [0.1, 0.15) is 6.04 Å². The van der Waals surface area contributed by atoms with Crippen molar-refractivity contribution in [3.05, 3.63) is 11.8 Å². The molecular weight excluding hydrogens is 144 g/mol. The quantitative estimate of drug-likeness (QED) is 0.522. The minimum Gasteiger partial charge on any atom is -0.480 e. The second-order valence-corrected chi connectivity index (χ2v) is 2.59. The van der Waals surface area contributed by atoms with Gasteiger partial charge in [-0.2, -0.15) is 0 Å². The smallest absolute Gasteiger partial charge is 0.320 e. The Morgan fingerprint density at radius 3 is 3.09 bits per heavy atom. The van der Waals surface area contributed by atoms with Crippen molar-refractivity contribution in [3.8, 4) is 0 Å². The van der Waals surface area contributed by atoms with Gasteiger partial charge in [-0.25, -0.2) is 0 Å². The number of nitrogens with two attached hydrogens (primary N) is 1. The van der Waals surface area contributed by atoms with Crippen molar-refractivity contribution in [1.29, 1.82) is 0 Å². The first-order chi connectivity index (χ1) is 5.20. The zero-order valence-electron chi connectivity index (χ0n) is 6.21. The fourth-order valence-electron chi connectivity index (χ4n) is 1.03. The zero-order valence-corrected chi connectivity index (χ0v) is 6.21. The summed E-state index contributed by atoms with van der Waals surface area (Å²) >= 11 is 0. The molecule has 0 aromatic carbocycles. The average Bonchev–Trinajstić information content (AvgIpc) is 2.39. The van der Waals surface area contributed by atoms with Crippen LogP contribution in [0.4, 0.5) is 0 Å². The molecule has 1 aliphatic heterocycles. The van der Waals surface area contributed by atoms with Gasteiger partial charge < -0.3 is 16.2 Å². The average molecular weight is 156 g/mol. The Kier molecular flexibility index (Phi) is 2.48. The fraction of sp³-hybridized carbons (Fsp3) is 0.571. The first-order valence-corrected chi connectivity index (χ1v) is 3.61. The molecule has 11 heavy (non-hydrogen) atoms. The number of hydrogen-bond acceptors (Lipinski definition) is 3. The lowest BCUT2D eigenvalue weighted by molar-refractivity contribution is -0.138. The first-order valence-electron chi connectivity index (χ1n) is 3.61. The van der Waals surface area contributed by atoms with Crippen LogP contribution in [0, 0.1) is 0 Å². The van der Waals surface area contributed by atoms with Gasteiger partial charge in [0.2, 0.25) is 0 Å². The van der Waals surface area contributed by atoms with Gasteiger partial charge in [-0.05, 0) is 6.42 Å². The Morgan fingerprint density at radius 1 is 1.91 bits per heavy atom. The Labute approximate surface area is 65.1 Å². The molecule has 4 nitrogen and oxygen atoms in total. The standard InChI is InChI=1S/C7H12N2O2/c8-6(7(10)11)4-5-2-1-3-9-5/h2,6,9H,1,3-4,8H2,(H,10,11). The number of carboxylic acids is 1. The van der Waals surface area contributed by atoms with Crippen LogP contribution < -0.4 is 11.1 Å². The van der Waals surface area contributed by atoms with Gasteiger partial charge in [-0.3, -0.25) is 4.79 Å². The van der Waals surface area contributed by atoms with Crippen LogP contribution in [0.5, 0.6) is 0 Å². The third-order valence-corrected chi connectivity index (χ3v) is 1.64. The molecule has 0 fully saturated rings. The molecule has 0 saturated carbocycles. The van der Waals surface area contributed by atoms with Crippen molar-refractivity contribution < 1.29 is 9.90 Å². The van der Waals surface area contributed by atoms with E-state index >= 15 is 0 Å². The number of aliphatic carboxylic acids is 1. The van der Waals surface area contributed by atoms with Crippen molar-refractivity contribution in [1.82, 2.24) is 5.32 Å². The normalized spacial score (nSPS) is 18.8. The molecular formula is C7H12N2O2. The van der Waals surface area contributed by atoms with E-state index in [0.717, 1.165) is 18.7 Å². The summed E-state index contributed by atoms with van der Waals surface area (Å²) in [4.78, 5) is 10.3.